The summed E-state index contributed by atoms with van der Waals surface area (Å²) in [5, 5.41) is 10.0. The molecule has 0 aliphatic heterocycles. The number of hydrogen-bond donors (Lipinski definition) is 0. The van der Waals surface area contributed by atoms with Gasteiger partial charge >= 0.3 is 0 Å². The van der Waals surface area contributed by atoms with E-state index in [0.29, 0.717) is 0 Å². The molecule has 2 nitrogen and oxygen atoms in total. The van der Waals surface area contributed by atoms with Gasteiger partial charge in [0.05, 0.1) is 16.7 Å². The zero-order valence-electron chi connectivity index (χ0n) is 22.8. The summed E-state index contributed by atoms with van der Waals surface area (Å²) < 4.78 is 0. The van der Waals surface area contributed by atoms with Crippen LogP contribution in [-0.2, 0) is 0 Å². The Morgan fingerprint density at radius 3 is 1.83 bits per heavy atom. The minimum absolute atomic E-state index is 0.928. The highest BCUT2D eigenvalue weighted by atomic mass is 14.8. The second-order valence-electron chi connectivity index (χ2n) is 11.0. The molecule has 0 fully saturated rings. The fourth-order valence-electron chi connectivity index (χ4n) is 6.61. The smallest absolute Gasteiger partial charge is 0.0978 e. The lowest BCUT2D eigenvalue weighted by molar-refractivity contribution is 1.37. The van der Waals surface area contributed by atoms with Gasteiger partial charge in [0.1, 0.15) is 0 Å². The third-order valence-corrected chi connectivity index (χ3v) is 8.59. The summed E-state index contributed by atoms with van der Waals surface area (Å²) in [6.45, 7) is 0. The van der Waals surface area contributed by atoms with Crippen molar-refractivity contribution in [2.24, 2.45) is 0 Å². The third-order valence-electron chi connectivity index (χ3n) is 8.59. The number of fused-ring (bicyclic) bond motifs is 3. The summed E-state index contributed by atoms with van der Waals surface area (Å²) in [6, 6.07) is 50.2. The first-order valence-electron chi connectivity index (χ1n) is 14.3. The lowest BCUT2D eigenvalue weighted by Crippen LogP contribution is -1.93. The molecule has 0 N–H and O–H groups in total. The van der Waals surface area contributed by atoms with E-state index in [0.717, 1.165) is 44.2 Å². The van der Waals surface area contributed by atoms with E-state index in [1.54, 1.807) is 0 Å². The molecule has 2 heteroatoms. The predicted octanol–water partition coefficient (Wildman–Crippen LogP) is 10.7. The van der Waals surface area contributed by atoms with Crippen LogP contribution in [0.3, 0.4) is 0 Å². The maximum absolute atomic E-state index is 5.16. The Morgan fingerprint density at radius 2 is 1.02 bits per heavy atom. The Balaban J connectivity index is 1.27. The van der Waals surface area contributed by atoms with Crippen LogP contribution in [-0.4, -0.2) is 9.97 Å². The van der Waals surface area contributed by atoms with Gasteiger partial charge in [-0.3, -0.25) is 4.98 Å². The number of aromatic nitrogens is 2. The largest absolute Gasteiger partial charge is 0.254 e. The lowest BCUT2D eigenvalue weighted by atomic mass is 9.90. The number of rotatable bonds is 3. The van der Waals surface area contributed by atoms with Crippen molar-refractivity contribution in [1.29, 1.82) is 0 Å². The Hall–Kier alpha value is -5.60. The molecule has 0 radical (unpaired) electrons. The summed E-state index contributed by atoms with van der Waals surface area (Å²) >= 11 is 0. The van der Waals surface area contributed by atoms with Gasteiger partial charge in [0, 0.05) is 22.5 Å². The quantitative estimate of drug-likeness (QED) is 0.212. The van der Waals surface area contributed by atoms with Crippen molar-refractivity contribution in [3.8, 4) is 33.5 Å². The zero-order chi connectivity index (χ0) is 27.6. The summed E-state index contributed by atoms with van der Waals surface area (Å²) in [5.74, 6) is 0. The van der Waals surface area contributed by atoms with Gasteiger partial charge in [-0.15, -0.1) is 0 Å². The van der Waals surface area contributed by atoms with E-state index in [1.807, 2.05) is 18.3 Å². The van der Waals surface area contributed by atoms with Gasteiger partial charge in [-0.25, -0.2) is 4.98 Å². The molecular weight excluding hydrogens is 508 g/mol. The molecule has 194 valence electrons. The summed E-state index contributed by atoms with van der Waals surface area (Å²) in [5.41, 5.74) is 8.64. The van der Waals surface area contributed by atoms with Gasteiger partial charge in [0.15, 0.2) is 0 Å². The Morgan fingerprint density at radius 1 is 0.381 bits per heavy atom. The predicted molar refractivity (Wildman–Crippen MR) is 177 cm³/mol. The SMILES string of the molecule is c1ccc(-c2cc(-c3cccc(-c4cc5ccc6cccc7ccc(c4)c5c67)c3)c3ccc4cccnc4c3n2)cc1. The van der Waals surface area contributed by atoms with Crippen LogP contribution in [0.25, 0.3) is 87.6 Å². The van der Waals surface area contributed by atoms with Crippen molar-refractivity contribution in [3.05, 3.63) is 146 Å². The molecule has 0 unspecified atom stereocenters. The van der Waals surface area contributed by atoms with Crippen LogP contribution in [0.5, 0.6) is 0 Å². The maximum atomic E-state index is 5.16. The summed E-state index contributed by atoms with van der Waals surface area (Å²) in [6.07, 6.45) is 1.85. The fraction of sp³-hybridized carbons (Fsp3) is 0. The van der Waals surface area contributed by atoms with Crippen LogP contribution in [0.15, 0.2) is 146 Å². The van der Waals surface area contributed by atoms with E-state index < -0.39 is 0 Å². The number of nitrogens with zero attached hydrogens (tertiary/aromatic N) is 2. The first kappa shape index (κ1) is 23.1. The van der Waals surface area contributed by atoms with Crippen LogP contribution < -0.4 is 0 Å². The molecule has 2 aromatic heterocycles. The normalized spacial score (nSPS) is 11.8. The van der Waals surface area contributed by atoms with Crippen LogP contribution in [0.1, 0.15) is 0 Å². The van der Waals surface area contributed by atoms with Crippen molar-refractivity contribution in [1.82, 2.24) is 9.97 Å². The minimum Gasteiger partial charge on any atom is -0.254 e. The first-order chi connectivity index (χ1) is 20.8. The molecule has 9 rings (SSSR count). The van der Waals surface area contributed by atoms with Crippen molar-refractivity contribution in [2.45, 2.75) is 0 Å². The van der Waals surface area contributed by atoms with Crippen molar-refractivity contribution in [3.63, 3.8) is 0 Å². The van der Waals surface area contributed by atoms with Crippen molar-refractivity contribution >= 4 is 54.1 Å². The number of pyridine rings is 2. The van der Waals surface area contributed by atoms with Crippen LogP contribution in [0, 0.1) is 0 Å². The number of hydrogen-bond acceptors (Lipinski definition) is 2. The van der Waals surface area contributed by atoms with E-state index in [4.69, 9.17) is 9.97 Å². The van der Waals surface area contributed by atoms with Crippen LogP contribution in [0.2, 0.25) is 0 Å². The van der Waals surface area contributed by atoms with E-state index in [2.05, 4.69) is 127 Å². The summed E-state index contributed by atoms with van der Waals surface area (Å²) in [7, 11) is 0. The monoisotopic (exact) mass is 532 g/mol. The summed E-state index contributed by atoms with van der Waals surface area (Å²) in [4.78, 5) is 9.91. The standard InChI is InChI=1S/C40H24N2/c1-2-7-25(8-3-1)36-24-35(34-19-18-28-13-6-20-41-39(28)40(34)42-36)30-12-5-11-29(21-30)33-22-31-16-14-26-9-4-10-27-15-17-32(23-33)38(31)37(26)27/h1-24H. The lowest BCUT2D eigenvalue weighted by Gasteiger charge is -2.15. The minimum atomic E-state index is 0.928. The average Bonchev–Trinajstić information content (AvgIpc) is 3.07. The molecule has 0 spiro atoms. The highest BCUT2D eigenvalue weighted by molar-refractivity contribution is 6.23. The average molecular weight is 533 g/mol. The molecule has 42 heavy (non-hydrogen) atoms. The molecule has 0 bridgehead atoms. The topological polar surface area (TPSA) is 25.8 Å². The van der Waals surface area contributed by atoms with Crippen molar-refractivity contribution in [2.75, 3.05) is 0 Å². The molecule has 0 amide bonds. The Kier molecular flexibility index (Phi) is 4.93. The van der Waals surface area contributed by atoms with E-state index >= 15 is 0 Å². The highest BCUT2D eigenvalue weighted by Gasteiger charge is 2.15. The molecule has 0 aliphatic carbocycles. The van der Waals surface area contributed by atoms with Gasteiger partial charge in [0.2, 0.25) is 0 Å². The zero-order valence-corrected chi connectivity index (χ0v) is 22.8. The van der Waals surface area contributed by atoms with E-state index in [9.17, 15) is 0 Å². The van der Waals surface area contributed by atoms with Crippen molar-refractivity contribution < 1.29 is 0 Å². The van der Waals surface area contributed by atoms with Gasteiger partial charge in [-0.1, -0.05) is 109 Å². The van der Waals surface area contributed by atoms with Gasteiger partial charge < -0.3 is 0 Å². The van der Waals surface area contributed by atoms with Gasteiger partial charge in [0.25, 0.3) is 0 Å². The second kappa shape index (κ2) is 8.95. The second-order valence-corrected chi connectivity index (χ2v) is 11.0. The Labute approximate surface area is 242 Å². The Bertz CT molecular complexity index is 2390. The molecule has 0 atom stereocenters. The molecule has 7 aromatic carbocycles. The third kappa shape index (κ3) is 3.52. The van der Waals surface area contributed by atoms with Crippen LogP contribution >= 0.6 is 0 Å². The highest BCUT2D eigenvalue weighted by Crippen LogP contribution is 2.39. The maximum Gasteiger partial charge on any atom is 0.0978 e. The molecule has 9 aromatic rings. The number of benzene rings is 7. The van der Waals surface area contributed by atoms with Gasteiger partial charge in [-0.05, 0) is 84.9 Å². The molecule has 0 aliphatic rings. The molecule has 0 saturated heterocycles. The molecular formula is C40H24N2. The van der Waals surface area contributed by atoms with E-state index in [1.165, 1.54) is 43.4 Å². The van der Waals surface area contributed by atoms with Gasteiger partial charge in [-0.2, -0.15) is 0 Å². The van der Waals surface area contributed by atoms with Crippen LogP contribution in [0.4, 0.5) is 0 Å². The molecule has 0 saturated carbocycles. The fourth-order valence-corrected chi connectivity index (χ4v) is 6.61. The van der Waals surface area contributed by atoms with E-state index in [-0.39, 0.29) is 0 Å². The molecule has 2 heterocycles. The first-order valence-corrected chi connectivity index (χ1v) is 14.3.